The summed E-state index contributed by atoms with van der Waals surface area (Å²) in [4.78, 5) is 21.8. The van der Waals surface area contributed by atoms with Crippen LogP contribution >= 0.6 is 0 Å². The quantitative estimate of drug-likeness (QED) is 0.505. The predicted molar refractivity (Wildman–Crippen MR) is 108 cm³/mol. The van der Waals surface area contributed by atoms with E-state index in [9.17, 15) is 0 Å². The van der Waals surface area contributed by atoms with Crippen LogP contribution in [0.15, 0.2) is 24.5 Å². The molecule has 0 N–H and O–H groups in total. The van der Waals surface area contributed by atoms with Gasteiger partial charge in [-0.1, -0.05) is 0 Å². The summed E-state index contributed by atoms with van der Waals surface area (Å²) in [6.45, 7) is 5.41. The molecule has 10 heteroatoms. The van der Waals surface area contributed by atoms with Gasteiger partial charge in [-0.3, -0.25) is 0 Å². The second-order valence-corrected chi connectivity index (χ2v) is 6.40. The van der Waals surface area contributed by atoms with Gasteiger partial charge in [-0.05, 0) is 12.1 Å². The third-order valence-corrected chi connectivity index (χ3v) is 4.41. The standard InChI is InChI=1S/C19H28N6O4/c1-26-12-3-13-28-18-20-6-4-16(22-18)24-8-10-25(11-9-24)17-5-7-21-19(23-17)29-15-14-27-2/h4-7H,3,8-15H2,1-2H3. The molecule has 2 aromatic rings. The van der Waals surface area contributed by atoms with E-state index >= 15 is 0 Å². The molecule has 10 nitrogen and oxygen atoms in total. The van der Waals surface area contributed by atoms with Crippen molar-refractivity contribution in [1.82, 2.24) is 19.9 Å². The highest BCUT2D eigenvalue weighted by atomic mass is 16.5. The number of hydrogen-bond donors (Lipinski definition) is 0. The molecule has 158 valence electrons. The van der Waals surface area contributed by atoms with Crippen molar-refractivity contribution in [2.75, 3.05) is 76.6 Å². The van der Waals surface area contributed by atoms with Crippen molar-refractivity contribution in [1.29, 1.82) is 0 Å². The second-order valence-electron chi connectivity index (χ2n) is 6.40. The van der Waals surface area contributed by atoms with E-state index in [1.807, 2.05) is 12.1 Å². The lowest BCUT2D eigenvalue weighted by molar-refractivity contribution is 0.141. The lowest BCUT2D eigenvalue weighted by Gasteiger charge is -2.36. The number of rotatable bonds is 11. The molecule has 1 aliphatic rings. The number of piperazine rings is 1. The molecule has 0 atom stereocenters. The van der Waals surface area contributed by atoms with Crippen LogP contribution < -0.4 is 19.3 Å². The summed E-state index contributed by atoms with van der Waals surface area (Å²) in [5.41, 5.74) is 0. The van der Waals surface area contributed by atoms with Gasteiger partial charge in [0.1, 0.15) is 18.2 Å². The largest absolute Gasteiger partial charge is 0.463 e. The molecule has 0 saturated carbocycles. The van der Waals surface area contributed by atoms with Gasteiger partial charge in [0.05, 0.1) is 13.2 Å². The molecule has 3 heterocycles. The van der Waals surface area contributed by atoms with Crippen molar-refractivity contribution in [3.8, 4) is 12.0 Å². The summed E-state index contributed by atoms with van der Waals surface area (Å²) >= 11 is 0. The van der Waals surface area contributed by atoms with Gasteiger partial charge in [-0.15, -0.1) is 0 Å². The molecule has 0 radical (unpaired) electrons. The molecule has 1 fully saturated rings. The normalized spacial score (nSPS) is 14.1. The van der Waals surface area contributed by atoms with Gasteiger partial charge >= 0.3 is 12.0 Å². The number of nitrogens with zero attached hydrogens (tertiary/aromatic N) is 6. The maximum absolute atomic E-state index is 5.60. The van der Waals surface area contributed by atoms with Crippen molar-refractivity contribution < 1.29 is 18.9 Å². The van der Waals surface area contributed by atoms with E-state index in [-0.39, 0.29) is 0 Å². The molecular formula is C19H28N6O4. The highest BCUT2D eigenvalue weighted by Gasteiger charge is 2.20. The minimum Gasteiger partial charge on any atom is -0.463 e. The smallest absolute Gasteiger partial charge is 0.318 e. The van der Waals surface area contributed by atoms with Crippen LogP contribution in [0.1, 0.15) is 6.42 Å². The Balaban J connectivity index is 1.52. The molecule has 0 amide bonds. The Hall–Kier alpha value is -2.72. The SMILES string of the molecule is COCCCOc1nccc(N2CCN(c3ccnc(OCCOC)n3)CC2)n1. The van der Waals surface area contributed by atoms with Gasteiger partial charge in [0.2, 0.25) is 0 Å². The lowest BCUT2D eigenvalue weighted by Crippen LogP contribution is -2.47. The number of hydrogen-bond acceptors (Lipinski definition) is 10. The molecule has 29 heavy (non-hydrogen) atoms. The Bertz CT molecular complexity index is 742. The maximum atomic E-state index is 5.60. The number of ether oxygens (including phenoxy) is 4. The molecule has 3 rings (SSSR count). The van der Waals surface area contributed by atoms with Crippen molar-refractivity contribution >= 4 is 11.6 Å². The Labute approximate surface area is 170 Å². The molecule has 0 bridgehead atoms. The third-order valence-electron chi connectivity index (χ3n) is 4.41. The first-order valence-electron chi connectivity index (χ1n) is 9.69. The predicted octanol–water partition coefficient (Wildman–Crippen LogP) is 1.03. The summed E-state index contributed by atoms with van der Waals surface area (Å²) in [6, 6.07) is 4.57. The van der Waals surface area contributed by atoms with E-state index in [1.54, 1.807) is 26.6 Å². The number of aromatic nitrogens is 4. The van der Waals surface area contributed by atoms with E-state index in [1.165, 1.54) is 0 Å². The van der Waals surface area contributed by atoms with Crippen LogP contribution in [0.25, 0.3) is 0 Å². The highest BCUT2D eigenvalue weighted by Crippen LogP contribution is 2.19. The van der Waals surface area contributed by atoms with E-state index in [4.69, 9.17) is 18.9 Å². The van der Waals surface area contributed by atoms with Gasteiger partial charge in [0.15, 0.2) is 0 Å². The molecule has 0 aliphatic carbocycles. The topological polar surface area (TPSA) is 95.0 Å². The average Bonchev–Trinajstić information content (AvgIpc) is 2.78. The van der Waals surface area contributed by atoms with Crippen molar-refractivity contribution in [3.05, 3.63) is 24.5 Å². The van der Waals surface area contributed by atoms with Gasteiger partial charge in [-0.25, -0.2) is 9.97 Å². The van der Waals surface area contributed by atoms with Crippen LogP contribution in [0.5, 0.6) is 12.0 Å². The minimum atomic E-state index is 0.369. The number of methoxy groups -OCH3 is 2. The first-order valence-corrected chi connectivity index (χ1v) is 9.69. The van der Waals surface area contributed by atoms with Crippen LogP contribution in [0.3, 0.4) is 0 Å². The fourth-order valence-electron chi connectivity index (χ4n) is 2.90. The van der Waals surface area contributed by atoms with Crippen LogP contribution in [0.4, 0.5) is 11.6 Å². The Morgan fingerprint density at radius 3 is 1.76 bits per heavy atom. The Morgan fingerprint density at radius 2 is 1.24 bits per heavy atom. The zero-order valence-electron chi connectivity index (χ0n) is 17.0. The second kappa shape index (κ2) is 11.3. The van der Waals surface area contributed by atoms with Crippen molar-refractivity contribution in [3.63, 3.8) is 0 Å². The maximum Gasteiger partial charge on any atom is 0.318 e. The molecule has 1 aliphatic heterocycles. The van der Waals surface area contributed by atoms with E-state index in [2.05, 4.69) is 29.7 Å². The summed E-state index contributed by atoms with van der Waals surface area (Å²) in [7, 11) is 3.31. The van der Waals surface area contributed by atoms with Gasteiger partial charge in [-0.2, -0.15) is 9.97 Å². The molecule has 1 saturated heterocycles. The fraction of sp³-hybridized carbons (Fsp3) is 0.579. The molecule has 2 aromatic heterocycles. The summed E-state index contributed by atoms with van der Waals surface area (Å²) in [6.07, 6.45) is 4.25. The fourth-order valence-corrected chi connectivity index (χ4v) is 2.90. The van der Waals surface area contributed by atoms with Crippen LogP contribution in [-0.4, -0.2) is 86.8 Å². The Morgan fingerprint density at radius 1 is 0.724 bits per heavy atom. The molecule has 0 aromatic carbocycles. The van der Waals surface area contributed by atoms with Gasteiger partial charge < -0.3 is 28.7 Å². The van der Waals surface area contributed by atoms with E-state index in [0.29, 0.717) is 38.4 Å². The minimum absolute atomic E-state index is 0.369. The van der Waals surface area contributed by atoms with E-state index in [0.717, 1.165) is 44.2 Å². The lowest BCUT2D eigenvalue weighted by atomic mass is 10.3. The van der Waals surface area contributed by atoms with Gasteiger partial charge in [0, 0.05) is 65.8 Å². The molecular weight excluding hydrogens is 376 g/mol. The monoisotopic (exact) mass is 404 g/mol. The summed E-state index contributed by atoms with van der Waals surface area (Å²) in [5, 5.41) is 0. The Kier molecular flexibility index (Phi) is 8.20. The van der Waals surface area contributed by atoms with Crippen LogP contribution in [0, 0.1) is 0 Å². The van der Waals surface area contributed by atoms with Gasteiger partial charge in [0.25, 0.3) is 0 Å². The first-order chi connectivity index (χ1) is 14.3. The molecule has 0 spiro atoms. The summed E-state index contributed by atoms with van der Waals surface area (Å²) < 4.78 is 21.1. The highest BCUT2D eigenvalue weighted by molar-refractivity contribution is 5.44. The summed E-state index contributed by atoms with van der Waals surface area (Å²) in [5.74, 6) is 1.73. The number of anilines is 2. The molecule has 0 unspecified atom stereocenters. The zero-order chi connectivity index (χ0) is 20.3. The van der Waals surface area contributed by atoms with Crippen LogP contribution in [0.2, 0.25) is 0 Å². The van der Waals surface area contributed by atoms with Crippen molar-refractivity contribution in [2.24, 2.45) is 0 Å². The van der Waals surface area contributed by atoms with E-state index < -0.39 is 0 Å². The van der Waals surface area contributed by atoms with Crippen LogP contribution in [-0.2, 0) is 9.47 Å². The average molecular weight is 404 g/mol. The van der Waals surface area contributed by atoms with Crippen molar-refractivity contribution in [2.45, 2.75) is 6.42 Å². The zero-order valence-corrected chi connectivity index (χ0v) is 17.0. The third kappa shape index (κ3) is 6.40. The first kappa shape index (κ1) is 21.0.